The van der Waals surface area contributed by atoms with Crippen molar-refractivity contribution in [2.75, 3.05) is 0 Å². The van der Waals surface area contributed by atoms with Crippen molar-refractivity contribution in [2.24, 2.45) is 0 Å². The van der Waals surface area contributed by atoms with Gasteiger partial charge in [0.1, 0.15) is 16.8 Å². The summed E-state index contributed by atoms with van der Waals surface area (Å²) >= 11 is 0. The lowest BCUT2D eigenvalue weighted by Gasteiger charge is -2.23. The summed E-state index contributed by atoms with van der Waals surface area (Å²) < 4.78 is 10.6. The van der Waals surface area contributed by atoms with Crippen LogP contribution < -0.4 is 0 Å². The first-order valence-electron chi connectivity index (χ1n) is 8.46. The Bertz CT molecular complexity index is 725. The van der Waals surface area contributed by atoms with E-state index in [2.05, 4.69) is 0 Å². The molecule has 1 aromatic rings. The van der Waals surface area contributed by atoms with Gasteiger partial charge < -0.3 is 14.6 Å². The number of ether oxygens (including phenoxy) is 2. The number of hydrogen-bond donors (Lipinski definition) is 1. The van der Waals surface area contributed by atoms with Gasteiger partial charge >= 0.3 is 17.9 Å². The number of benzene rings is 1. The van der Waals surface area contributed by atoms with Crippen LogP contribution in [0.2, 0.25) is 0 Å². The van der Waals surface area contributed by atoms with Gasteiger partial charge in [-0.1, -0.05) is 24.3 Å². The van der Waals surface area contributed by atoms with E-state index in [4.69, 9.17) is 14.6 Å². The number of esters is 2. The van der Waals surface area contributed by atoms with Gasteiger partial charge in [0.25, 0.3) is 0 Å². The van der Waals surface area contributed by atoms with Gasteiger partial charge in [-0.05, 0) is 64.8 Å². The number of carbonyl (C=O) groups is 3. The number of carbonyl (C=O) groups excluding carboxylic acids is 2. The van der Waals surface area contributed by atoms with Crippen LogP contribution in [-0.4, -0.2) is 34.2 Å². The molecule has 1 aromatic carbocycles. The Hall–Kier alpha value is -2.89. The zero-order chi connectivity index (χ0) is 20.8. The molecule has 0 aliphatic heterocycles. The van der Waals surface area contributed by atoms with E-state index in [1.807, 2.05) is 0 Å². The van der Waals surface area contributed by atoms with Crippen LogP contribution >= 0.6 is 0 Å². The van der Waals surface area contributed by atoms with E-state index in [1.54, 1.807) is 65.8 Å². The summed E-state index contributed by atoms with van der Waals surface area (Å²) in [6, 6.07) is 6.67. The molecule has 0 aromatic heterocycles. The molecule has 0 aliphatic rings. The fourth-order valence-corrected chi connectivity index (χ4v) is 1.90. The molecule has 1 rings (SSSR count). The standard InChI is InChI=1S/C21H26O6/c1-20(2,3)26-18(24)16(19(25)27-21(4,5)6)13-15-9-7-14(8-10-15)11-12-17(22)23/h7-13H,1-6H3,(H,22,23). The molecule has 0 unspecified atom stereocenters. The summed E-state index contributed by atoms with van der Waals surface area (Å²) in [5.41, 5.74) is -0.485. The number of hydrogen-bond acceptors (Lipinski definition) is 5. The molecular formula is C21H26O6. The SMILES string of the molecule is CC(C)(C)OC(=O)C(=Cc1ccc(C=CC(=O)O)cc1)C(=O)OC(C)(C)C. The van der Waals surface area contributed by atoms with Gasteiger partial charge in [-0.2, -0.15) is 0 Å². The van der Waals surface area contributed by atoms with Gasteiger partial charge in [-0.15, -0.1) is 0 Å². The maximum Gasteiger partial charge on any atom is 0.346 e. The Morgan fingerprint density at radius 3 is 1.59 bits per heavy atom. The first kappa shape index (κ1) is 22.2. The van der Waals surface area contributed by atoms with E-state index in [1.165, 1.54) is 12.2 Å². The zero-order valence-corrected chi connectivity index (χ0v) is 16.5. The third-order valence-corrected chi connectivity index (χ3v) is 2.90. The Balaban J connectivity index is 3.19. The highest BCUT2D eigenvalue weighted by Gasteiger charge is 2.28. The van der Waals surface area contributed by atoms with Gasteiger partial charge in [-0.25, -0.2) is 14.4 Å². The molecule has 0 spiro atoms. The molecule has 0 atom stereocenters. The van der Waals surface area contributed by atoms with Gasteiger partial charge in [0.05, 0.1) is 0 Å². The molecule has 6 nitrogen and oxygen atoms in total. The second-order valence-corrected chi connectivity index (χ2v) is 7.90. The van der Waals surface area contributed by atoms with Gasteiger partial charge in [0.15, 0.2) is 0 Å². The summed E-state index contributed by atoms with van der Waals surface area (Å²) in [5.74, 6) is -2.59. The number of carboxylic acids is 1. The van der Waals surface area contributed by atoms with Gasteiger partial charge in [0.2, 0.25) is 0 Å². The highest BCUT2D eigenvalue weighted by Crippen LogP contribution is 2.19. The minimum atomic E-state index is -1.05. The lowest BCUT2D eigenvalue weighted by Crippen LogP contribution is -2.31. The normalized spacial score (nSPS) is 11.8. The van der Waals surface area contributed by atoms with Crippen molar-refractivity contribution in [3.63, 3.8) is 0 Å². The molecule has 27 heavy (non-hydrogen) atoms. The van der Waals surface area contributed by atoms with Gasteiger partial charge in [-0.3, -0.25) is 0 Å². The minimum Gasteiger partial charge on any atom is -0.478 e. The fraction of sp³-hybridized carbons (Fsp3) is 0.381. The van der Waals surface area contributed by atoms with Crippen molar-refractivity contribution in [3.05, 3.63) is 47.0 Å². The zero-order valence-electron chi connectivity index (χ0n) is 16.5. The summed E-state index contributed by atoms with van der Waals surface area (Å²) in [7, 11) is 0. The first-order chi connectivity index (χ1) is 12.3. The smallest absolute Gasteiger partial charge is 0.346 e. The molecule has 6 heteroatoms. The topological polar surface area (TPSA) is 89.9 Å². The largest absolute Gasteiger partial charge is 0.478 e. The minimum absolute atomic E-state index is 0.214. The molecular weight excluding hydrogens is 348 g/mol. The van der Waals surface area contributed by atoms with Crippen LogP contribution in [0.15, 0.2) is 35.9 Å². The van der Waals surface area contributed by atoms with Crippen molar-refractivity contribution >= 4 is 30.1 Å². The molecule has 0 bridgehead atoms. The quantitative estimate of drug-likeness (QED) is 0.364. The molecule has 146 valence electrons. The van der Waals surface area contributed by atoms with E-state index >= 15 is 0 Å². The van der Waals surface area contributed by atoms with Crippen molar-refractivity contribution in [1.29, 1.82) is 0 Å². The third kappa shape index (κ3) is 8.85. The average molecular weight is 374 g/mol. The van der Waals surface area contributed by atoms with E-state index in [0.717, 1.165) is 6.08 Å². The fourth-order valence-electron chi connectivity index (χ4n) is 1.90. The molecule has 0 fully saturated rings. The van der Waals surface area contributed by atoms with Crippen LogP contribution in [0, 0.1) is 0 Å². The van der Waals surface area contributed by atoms with Crippen LogP contribution in [0.4, 0.5) is 0 Å². The highest BCUT2D eigenvalue weighted by atomic mass is 16.6. The number of carboxylic acid groups (broad SMARTS) is 1. The molecule has 0 saturated carbocycles. The van der Waals surface area contributed by atoms with Crippen molar-refractivity contribution < 1.29 is 29.0 Å². The second kappa shape index (κ2) is 8.66. The predicted molar refractivity (Wildman–Crippen MR) is 103 cm³/mol. The van der Waals surface area contributed by atoms with Crippen LogP contribution in [0.3, 0.4) is 0 Å². The molecule has 0 saturated heterocycles. The third-order valence-electron chi connectivity index (χ3n) is 2.90. The molecule has 1 N–H and O–H groups in total. The van der Waals surface area contributed by atoms with E-state index in [0.29, 0.717) is 11.1 Å². The van der Waals surface area contributed by atoms with E-state index in [-0.39, 0.29) is 5.57 Å². The molecule has 0 radical (unpaired) electrons. The van der Waals surface area contributed by atoms with Crippen molar-refractivity contribution in [1.82, 2.24) is 0 Å². The Morgan fingerprint density at radius 2 is 1.22 bits per heavy atom. The van der Waals surface area contributed by atoms with Crippen LogP contribution in [-0.2, 0) is 23.9 Å². The number of rotatable bonds is 5. The predicted octanol–water partition coefficient (Wildman–Crippen LogP) is 3.85. The summed E-state index contributed by atoms with van der Waals surface area (Å²) in [4.78, 5) is 35.5. The van der Waals surface area contributed by atoms with Crippen LogP contribution in [0.1, 0.15) is 52.7 Å². The average Bonchev–Trinajstić information content (AvgIpc) is 2.48. The Kier molecular flexibility index (Phi) is 7.11. The Morgan fingerprint density at radius 1 is 0.815 bits per heavy atom. The van der Waals surface area contributed by atoms with Crippen LogP contribution in [0.25, 0.3) is 12.2 Å². The summed E-state index contributed by atoms with van der Waals surface area (Å²) in [5, 5.41) is 8.66. The maximum absolute atomic E-state index is 12.5. The van der Waals surface area contributed by atoms with Crippen LogP contribution in [0.5, 0.6) is 0 Å². The second-order valence-electron chi connectivity index (χ2n) is 7.90. The molecule has 0 heterocycles. The van der Waals surface area contributed by atoms with E-state index in [9.17, 15) is 14.4 Å². The van der Waals surface area contributed by atoms with Crippen molar-refractivity contribution in [2.45, 2.75) is 52.7 Å². The molecule has 0 aliphatic carbocycles. The highest BCUT2D eigenvalue weighted by molar-refractivity contribution is 6.17. The summed E-state index contributed by atoms with van der Waals surface area (Å²) in [6.07, 6.45) is 3.86. The first-order valence-corrected chi connectivity index (χ1v) is 8.46. The monoisotopic (exact) mass is 374 g/mol. The van der Waals surface area contributed by atoms with Gasteiger partial charge in [0, 0.05) is 6.08 Å². The number of aliphatic carboxylic acids is 1. The lowest BCUT2D eigenvalue weighted by molar-refractivity contribution is -0.158. The van der Waals surface area contributed by atoms with Crippen molar-refractivity contribution in [3.8, 4) is 0 Å². The lowest BCUT2D eigenvalue weighted by atomic mass is 10.1. The maximum atomic E-state index is 12.5. The summed E-state index contributed by atoms with van der Waals surface area (Å²) in [6.45, 7) is 10.3. The Labute approximate surface area is 159 Å². The molecule has 0 amide bonds. The van der Waals surface area contributed by atoms with E-state index < -0.39 is 29.1 Å².